The van der Waals surface area contributed by atoms with Crippen molar-refractivity contribution in [1.29, 1.82) is 0 Å². The molecule has 0 aliphatic carbocycles. The molecule has 0 bridgehead atoms. The Morgan fingerprint density at radius 1 is 0.889 bits per heavy atom. The lowest BCUT2D eigenvalue weighted by Gasteiger charge is -2.18. The Balaban J connectivity index is 1.76. The van der Waals surface area contributed by atoms with Crippen LogP contribution in [0.25, 0.3) is 0 Å². The van der Waals surface area contributed by atoms with Gasteiger partial charge in [0.05, 0.1) is 24.2 Å². The van der Waals surface area contributed by atoms with Crippen LogP contribution in [0.2, 0.25) is 0 Å². The normalized spacial score (nSPS) is 12.8. The van der Waals surface area contributed by atoms with Gasteiger partial charge in [0.25, 0.3) is 0 Å². The topological polar surface area (TPSA) is 93.1 Å². The number of para-hydroxylation sites is 1. The molecule has 0 saturated heterocycles. The second-order valence-corrected chi connectivity index (χ2v) is 6.32. The quantitative estimate of drug-likeness (QED) is 0.617. The predicted octanol–water partition coefficient (Wildman–Crippen LogP) is 4.10. The number of benzene rings is 2. The summed E-state index contributed by atoms with van der Waals surface area (Å²) in [4.78, 5) is 22.3. The molecular formula is C21H24O6. The highest BCUT2D eigenvalue weighted by atomic mass is 16.5. The number of carboxylic acids is 2. The van der Waals surface area contributed by atoms with Crippen molar-refractivity contribution in [3.05, 3.63) is 60.2 Å². The molecule has 2 aromatic rings. The maximum Gasteiger partial charge on any atom is 0.335 e. The van der Waals surface area contributed by atoms with Gasteiger partial charge in [0.2, 0.25) is 0 Å². The average Bonchev–Trinajstić information content (AvgIpc) is 2.65. The molecule has 2 rings (SSSR count). The van der Waals surface area contributed by atoms with Crippen LogP contribution in [0, 0.1) is 5.92 Å². The highest BCUT2D eigenvalue weighted by Crippen LogP contribution is 2.19. The molecule has 2 atom stereocenters. The van der Waals surface area contributed by atoms with E-state index in [-0.39, 0.29) is 18.3 Å². The summed E-state index contributed by atoms with van der Waals surface area (Å²) in [6.07, 6.45) is 1.40. The van der Waals surface area contributed by atoms with Crippen molar-refractivity contribution in [2.24, 2.45) is 5.92 Å². The summed E-state index contributed by atoms with van der Waals surface area (Å²) in [5.41, 5.74) is 0.179. The zero-order valence-corrected chi connectivity index (χ0v) is 15.2. The number of rotatable bonds is 11. The van der Waals surface area contributed by atoms with E-state index in [1.807, 2.05) is 37.3 Å². The molecule has 6 nitrogen and oxygen atoms in total. The molecular weight excluding hydrogens is 348 g/mol. The lowest BCUT2D eigenvalue weighted by Crippen LogP contribution is -2.20. The summed E-state index contributed by atoms with van der Waals surface area (Å²) >= 11 is 0. The summed E-state index contributed by atoms with van der Waals surface area (Å²) in [5, 5.41) is 18.3. The molecule has 2 N–H and O–H groups in total. The van der Waals surface area contributed by atoms with Crippen molar-refractivity contribution in [3.8, 4) is 11.5 Å². The summed E-state index contributed by atoms with van der Waals surface area (Å²) in [5.74, 6) is -1.09. The number of carbonyl (C=O) groups is 2. The van der Waals surface area contributed by atoms with Crippen molar-refractivity contribution in [2.75, 3.05) is 6.61 Å². The largest absolute Gasteiger partial charge is 0.494 e. The van der Waals surface area contributed by atoms with Crippen LogP contribution >= 0.6 is 0 Å². The number of carboxylic acid groups (broad SMARTS) is 2. The zero-order chi connectivity index (χ0) is 19.6. The SMILES string of the molecule is CC(CCC(CCOc1ccc(C(=O)O)cc1)C(=O)O)Oc1ccccc1. The van der Waals surface area contributed by atoms with E-state index in [1.54, 1.807) is 12.1 Å². The fourth-order valence-corrected chi connectivity index (χ4v) is 2.63. The molecule has 0 aliphatic heterocycles. The molecule has 0 spiro atoms. The maximum absolute atomic E-state index is 11.5. The lowest BCUT2D eigenvalue weighted by atomic mass is 9.98. The molecule has 0 fully saturated rings. The van der Waals surface area contributed by atoms with E-state index in [0.29, 0.717) is 25.0 Å². The number of hydrogen-bond donors (Lipinski definition) is 2. The zero-order valence-electron chi connectivity index (χ0n) is 15.2. The van der Waals surface area contributed by atoms with Gasteiger partial charge in [-0.05, 0) is 62.6 Å². The Morgan fingerprint density at radius 2 is 1.56 bits per heavy atom. The van der Waals surface area contributed by atoms with E-state index in [2.05, 4.69) is 0 Å². The first-order valence-corrected chi connectivity index (χ1v) is 8.86. The Kier molecular flexibility index (Phi) is 7.67. The summed E-state index contributed by atoms with van der Waals surface area (Å²) in [7, 11) is 0. The molecule has 0 saturated carbocycles. The van der Waals surface area contributed by atoms with E-state index >= 15 is 0 Å². The van der Waals surface area contributed by atoms with Crippen LogP contribution in [0.1, 0.15) is 36.5 Å². The van der Waals surface area contributed by atoms with Gasteiger partial charge in [-0.3, -0.25) is 4.79 Å². The van der Waals surface area contributed by atoms with Gasteiger partial charge in [-0.15, -0.1) is 0 Å². The molecule has 0 radical (unpaired) electrons. The van der Waals surface area contributed by atoms with Gasteiger partial charge in [-0.25, -0.2) is 4.79 Å². The van der Waals surface area contributed by atoms with Gasteiger partial charge in [0, 0.05) is 0 Å². The highest BCUT2D eigenvalue weighted by molar-refractivity contribution is 5.87. The van der Waals surface area contributed by atoms with Crippen LogP contribution in [-0.2, 0) is 4.79 Å². The van der Waals surface area contributed by atoms with Crippen LogP contribution in [-0.4, -0.2) is 34.9 Å². The molecule has 6 heteroatoms. The molecule has 0 aromatic heterocycles. The molecule has 27 heavy (non-hydrogen) atoms. The average molecular weight is 372 g/mol. The molecule has 0 aliphatic rings. The monoisotopic (exact) mass is 372 g/mol. The molecule has 2 aromatic carbocycles. The number of ether oxygens (including phenoxy) is 2. The highest BCUT2D eigenvalue weighted by Gasteiger charge is 2.19. The smallest absolute Gasteiger partial charge is 0.335 e. The number of aromatic carboxylic acids is 1. The fourth-order valence-electron chi connectivity index (χ4n) is 2.63. The third kappa shape index (κ3) is 7.01. The fraction of sp³-hybridized carbons (Fsp3) is 0.333. The van der Waals surface area contributed by atoms with E-state index in [1.165, 1.54) is 12.1 Å². The van der Waals surface area contributed by atoms with Gasteiger partial charge in [0.15, 0.2) is 0 Å². The van der Waals surface area contributed by atoms with Crippen molar-refractivity contribution in [1.82, 2.24) is 0 Å². The first-order valence-electron chi connectivity index (χ1n) is 8.86. The van der Waals surface area contributed by atoms with E-state index in [0.717, 1.165) is 5.75 Å². The van der Waals surface area contributed by atoms with Gasteiger partial charge in [0.1, 0.15) is 11.5 Å². The number of aliphatic carboxylic acids is 1. The van der Waals surface area contributed by atoms with Crippen molar-refractivity contribution in [3.63, 3.8) is 0 Å². The molecule has 144 valence electrons. The Morgan fingerprint density at radius 3 is 2.15 bits per heavy atom. The van der Waals surface area contributed by atoms with Crippen molar-refractivity contribution >= 4 is 11.9 Å². The maximum atomic E-state index is 11.5. The summed E-state index contributed by atoms with van der Waals surface area (Å²) < 4.78 is 11.3. The molecule has 0 amide bonds. The van der Waals surface area contributed by atoms with Gasteiger partial charge < -0.3 is 19.7 Å². The van der Waals surface area contributed by atoms with Gasteiger partial charge >= 0.3 is 11.9 Å². The van der Waals surface area contributed by atoms with Gasteiger partial charge in [-0.1, -0.05) is 18.2 Å². The van der Waals surface area contributed by atoms with Crippen molar-refractivity contribution < 1.29 is 29.3 Å². The van der Waals surface area contributed by atoms with Crippen molar-refractivity contribution in [2.45, 2.75) is 32.3 Å². The standard InChI is InChI=1S/C21H24O6/c1-15(27-19-5-3-2-4-6-19)7-8-17(21(24)25)13-14-26-18-11-9-16(10-12-18)20(22)23/h2-6,9-12,15,17H,7-8,13-14H2,1H3,(H,22,23)(H,24,25). The third-order valence-corrected chi connectivity index (χ3v) is 4.19. The summed E-state index contributed by atoms with van der Waals surface area (Å²) in [6.45, 7) is 2.17. The minimum absolute atomic E-state index is 0.0845. The summed E-state index contributed by atoms with van der Waals surface area (Å²) in [6, 6.07) is 15.5. The Hall–Kier alpha value is -3.02. The van der Waals surface area contributed by atoms with Crippen LogP contribution in [0.4, 0.5) is 0 Å². The number of hydrogen-bond acceptors (Lipinski definition) is 4. The lowest BCUT2D eigenvalue weighted by molar-refractivity contribution is -0.142. The minimum atomic E-state index is -1.00. The van der Waals surface area contributed by atoms with E-state index in [4.69, 9.17) is 14.6 Å². The molecule has 2 unspecified atom stereocenters. The minimum Gasteiger partial charge on any atom is -0.494 e. The van der Waals surface area contributed by atoms with E-state index in [9.17, 15) is 14.7 Å². The first-order chi connectivity index (χ1) is 13.0. The van der Waals surface area contributed by atoms with Crippen LogP contribution in [0.5, 0.6) is 11.5 Å². The van der Waals surface area contributed by atoms with Gasteiger partial charge in [-0.2, -0.15) is 0 Å². The second kappa shape index (κ2) is 10.2. The Bertz CT molecular complexity index is 726. The predicted molar refractivity (Wildman–Crippen MR) is 100 cm³/mol. The third-order valence-electron chi connectivity index (χ3n) is 4.19. The van der Waals surface area contributed by atoms with Crippen LogP contribution < -0.4 is 9.47 Å². The first kappa shape index (κ1) is 20.3. The van der Waals surface area contributed by atoms with Crippen LogP contribution in [0.15, 0.2) is 54.6 Å². The molecule has 0 heterocycles. The Labute approximate surface area is 158 Å². The van der Waals surface area contributed by atoms with Crippen LogP contribution in [0.3, 0.4) is 0 Å². The second-order valence-electron chi connectivity index (χ2n) is 6.32. The van der Waals surface area contributed by atoms with E-state index < -0.39 is 17.9 Å².